The predicted octanol–water partition coefficient (Wildman–Crippen LogP) is 3.65. The Kier molecular flexibility index (Phi) is 4.11. The minimum atomic E-state index is -4.49. The summed E-state index contributed by atoms with van der Waals surface area (Å²) in [6.45, 7) is 0.178. The largest absolute Gasteiger partial charge is 0.468 e. The van der Waals surface area contributed by atoms with Gasteiger partial charge in [-0.2, -0.15) is 18.4 Å². The number of nitrogens with one attached hydrogen (secondary N) is 1. The average molecular weight is 280 g/mol. The molecule has 0 radical (unpaired) electrons. The summed E-state index contributed by atoms with van der Waals surface area (Å²) < 4.78 is 43.8. The van der Waals surface area contributed by atoms with E-state index in [1.54, 1.807) is 12.1 Å². The fraction of sp³-hybridized carbons (Fsp3) is 0.214. The van der Waals surface area contributed by atoms with Crippen LogP contribution in [-0.4, -0.2) is 0 Å². The molecule has 0 saturated heterocycles. The molecule has 1 aromatic heterocycles. The van der Waals surface area contributed by atoms with Gasteiger partial charge in [0.25, 0.3) is 0 Å². The summed E-state index contributed by atoms with van der Waals surface area (Å²) >= 11 is 0. The van der Waals surface area contributed by atoms with Gasteiger partial charge in [0.05, 0.1) is 24.4 Å². The van der Waals surface area contributed by atoms with Gasteiger partial charge in [-0.25, -0.2) is 0 Å². The lowest BCUT2D eigenvalue weighted by atomic mass is 10.0. The highest BCUT2D eigenvalue weighted by Gasteiger charge is 2.34. The van der Waals surface area contributed by atoms with E-state index in [9.17, 15) is 13.2 Å². The van der Waals surface area contributed by atoms with Crippen LogP contribution in [-0.2, 0) is 12.7 Å². The Morgan fingerprint density at radius 2 is 1.95 bits per heavy atom. The van der Waals surface area contributed by atoms with Crippen LogP contribution in [0.4, 0.5) is 13.2 Å². The lowest BCUT2D eigenvalue weighted by Crippen LogP contribution is -2.22. The maximum absolute atomic E-state index is 12.9. The van der Waals surface area contributed by atoms with Gasteiger partial charge in [0.1, 0.15) is 11.8 Å². The predicted molar refractivity (Wildman–Crippen MR) is 65.3 cm³/mol. The minimum absolute atomic E-state index is 0.0888. The van der Waals surface area contributed by atoms with Crippen LogP contribution in [0, 0.1) is 11.3 Å². The Bertz CT molecular complexity index is 600. The highest BCUT2D eigenvalue weighted by molar-refractivity contribution is 5.35. The molecule has 0 spiro atoms. The summed E-state index contributed by atoms with van der Waals surface area (Å²) in [4.78, 5) is 0. The van der Waals surface area contributed by atoms with E-state index >= 15 is 0 Å². The summed E-state index contributed by atoms with van der Waals surface area (Å²) in [5.74, 6) is 0.551. The van der Waals surface area contributed by atoms with Crippen molar-refractivity contribution in [1.82, 2.24) is 5.32 Å². The Labute approximate surface area is 113 Å². The first-order valence-electron chi connectivity index (χ1n) is 5.84. The van der Waals surface area contributed by atoms with Crippen LogP contribution in [0.3, 0.4) is 0 Å². The summed E-state index contributed by atoms with van der Waals surface area (Å²) in [7, 11) is 0. The number of halogens is 3. The Balaban J connectivity index is 2.22. The van der Waals surface area contributed by atoms with Crippen molar-refractivity contribution in [2.24, 2.45) is 0 Å². The van der Waals surface area contributed by atoms with Crippen molar-refractivity contribution in [3.05, 3.63) is 59.5 Å². The molecule has 6 heteroatoms. The van der Waals surface area contributed by atoms with Crippen LogP contribution >= 0.6 is 0 Å². The summed E-state index contributed by atoms with van der Waals surface area (Å²) in [6, 6.07) is 9.17. The second kappa shape index (κ2) is 5.80. The third-order valence-corrected chi connectivity index (χ3v) is 2.77. The van der Waals surface area contributed by atoms with Crippen LogP contribution in [0.15, 0.2) is 47.1 Å². The van der Waals surface area contributed by atoms with Crippen molar-refractivity contribution < 1.29 is 17.6 Å². The maximum atomic E-state index is 12.9. The highest BCUT2D eigenvalue weighted by Crippen LogP contribution is 2.34. The first-order valence-corrected chi connectivity index (χ1v) is 5.84. The van der Waals surface area contributed by atoms with E-state index in [1.165, 1.54) is 24.5 Å². The standard InChI is InChI=1S/C14H11F3N2O/c15-14(16,17)12-6-2-1-5-11(12)13(8-18)19-9-10-4-3-7-20-10/h1-7,13,19H,9H2. The molecule has 1 N–H and O–H groups in total. The zero-order chi connectivity index (χ0) is 14.6. The SMILES string of the molecule is N#CC(NCc1ccco1)c1ccccc1C(F)(F)F. The molecule has 0 aliphatic rings. The second-order valence-electron chi connectivity index (χ2n) is 4.11. The topological polar surface area (TPSA) is 49.0 Å². The van der Waals surface area contributed by atoms with Crippen LogP contribution in [0.25, 0.3) is 0 Å². The fourth-order valence-corrected chi connectivity index (χ4v) is 1.85. The van der Waals surface area contributed by atoms with Gasteiger partial charge >= 0.3 is 6.18 Å². The Hall–Kier alpha value is -2.26. The lowest BCUT2D eigenvalue weighted by Gasteiger charge is -2.17. The van der Waals surface area contributed by atoms with Gasteiger partial charge in [0.2, 0.25) is 0 Å². The van der Waals surface area contributed by atoms with Crippen LogP contribution < -0.4 is 5.32 Å². The van der Waals surface area contributed by atoms with E-state index in [2.05, 4.69) is 5.32 Å². The number of furan rings is 1. The molecule has 0 amide bonds. The van der Waals surface area contributed by atoms with Crippen molar-refractivity contribution in [2.75, 3.05) is 0 Å². The molecule has 20 heavy (non-hydrogen) atoms. The van der Waals surface area contributed by atoms with Crippen LogP contribution in [0.5, 0.6) is 0 Å². The van der Waals surface area contributed by atoms with E-state index in [-0.39, 0.29) is 12.1 Å². The zero-order valence-electron chi connectivity index (χ0n) is 10.3. The van der Waals surface area contributed by atoms with Gasteiger partial charge < -0.3 is 4.42 Å². The quantitative estimate of drug-likeness (QED) is 0.929. The van der Waals surface area contributed by atoms with Gasteiger partial charge in [0.15, 0.2) is 0 Å². The normalized spacial score (nSPS) is 12.9. The van der Waals surface area contributed by atoms with E-state index in [1.807, 2.05) is 6.07 Å². The number of benzene rings is 1. The van der Waals surface area contributed by atoms with Gasteiger partial charge in [-0.15, -0.1) is 0 Å². The molecule has 0 saturated carbocycles. The molecule has 104 valence electrons. The monoisotopic (exact) mass is 280 g/mol. The van der Waals surface area contributed by atoms with Crippen LogP contribution in [0.2, 0.25) is 0 Å². The second-order valence-corrected chi connectivity index (χ2v) is 4.11. The first kappa shape index (κ1) is 14.2. The minimum Gasteiger partial charge on any atom is -0.468 e. The first-order chi connectivity index (χ1) is 9.52. The van der Waals surface area contributed by atoms with E-state index in [0.29, 0.717) is 5.76 Å². The van der Waals surface area contributed by atoms with E-state index in [4.69, 9.17) is 9.68 Å². The molecule has 3 nitrogen and oxygen atoms in total. The fourth-order valence-electron chi connectivity index (χ4n) is 1.85. The van der Waals surface area contributed by atoms with Crippen molar-refractivity contribution in [2.45, 2.75) is 18.8 Å². The highest BCUT2D eigenvalue weighted by atomic mass is 19.4. The number of nitriles is 1. The van der Waals surface area contributed by atoms with Gasteiger partial charge in [0, 0.05) is 0 Å². The molecule has 1 unspecified atom stereocenters. The molecule has 0 aliphatic carbocycles. The Morgan fingerprint density at radius 1 is 1.20 bits per heavy atom. The number of alkyl halides is 3. The molecule has 1 heterocycles. The molecule has 2 rings (SSSR count). The molecular weight excluding hydrogens is 269 g/mol. The number of hydrogen-bond donors (Lipinski definition) is 1. The molecule has 0 fully saturated rings. The molecule has 0 aliphatic heterocycles. The molecule has 1 atom stereocenters. The van der Waals surface area contributed by atoms with Crippen molar-refractivity contribution >= 4 is 0 Å². The van der Waals surface area contributed by atoms with E-state index in [0.717, 1.165) is 6.07 Å². The lowest BCUT2D eigenvalue weighted by molar-refractivity contribution is -0.138. The van der Waals surface area contributed by atoms with Crippen molar-refractivity contribution in [3.8, 4) is 6.07 Å². The third-order valence-electron chi connectivity index (χ3n) is 2.77. The zero-order valence-corrected chi connectivity index (χ0v) is 10.3. The number of rotatable bonds is 4. The molecule has 0 bridgehead atoms. The van der Waals surface area contributed by atoms with Gasteiger partial charge in [-0.1, -0.05) is 18.2 Å². The van der Waals surface area contributed by atoms with Gasteiger partial charge in [-0.3, -0.25) is 5.32 Å². The summed E-state index contributed by atoms with van der Waals surface area (Å²) in [6.07, 6.45) is -3.03. The van der Waals surface area contributed by atoms with Crippen molar-refractivity contribution in [3.63, 3.8) is 0 Å². The molecule has 1 aromatic carbocycles. The van der Waals surface area contributed by atoms with E-state index < -0.39 is 17.8 Å². The van der Waals surface area contributed by atoms with Crippen LogP contribution in [0.1, 0.15) is 22.9 Å². The molecular formula is C14H11F3N2O. The molecule has 2 aromatic rings. The Morgan fingerprint density at radius 3 is 2.55 bits per heavy atom. The summed E-state index contributed by atoms with van der Waals surface area (Å²) in [5, 5.41) is 11.8. The van der Waals surface area contributed by atoms with Crippen molar-refractivity contribution in [1.29, 1.82) is 5.26 Å². The number of hydrogen-bond acceptors (Lipinski definition) is 3. The summed E-state index contributed by atoms with van der Waals surface area (Å²) in [5.41, 5.74) is -0.896. The smallest absolute Gasteiger partial charge is 0.416 e. The number of nitrogens with zero attached hydrogens (tertiary/aromatic N) is 1. The van der Waals surface area contributed by atoms with Gasteiger partial charge in [-0.05, 0) is 23.8 Å². The average Bonchev–Trinajstić information content (AvgIpc) is 2.92. The third kappa shape index (κ3) is 3.19. The maximum Gasteiger partial charge on any atom is 0.416 e.